The summed E-state index contributed by atoms with van der Waals surface area (Å²) in [5, 5.41) is 14.6. The highest BCUT2D eigenvalue weighted by molar-refractivity contribution is 6.04. The summed E-state index contributed by atoms with van der Waals surface area (Å²) in [5.74, 6) is -1.24. The highest BCUT2D eigenvalue weighted by Gasteiger charge is 2.34. The number of hydrogen-bond acceptors (Lipinski definition) is 4. The van der Waals surface area contributed by atoms with Crippen molar-refractivity contribution < 1.29 is 22.4 Å². The molecule has 0 saturated carbocycles. The van der Waals surface area contributed by atoms with E-state index in [-0.39, 0.29) is 11.4 Å². The first-order valence-electron chi connectivity index (χ1n) is 9.13. The fourth-order valence-electron chi connectivity index (χ4n) is 3.30. The van der Waals surface area contributed by atoms with E-state index in [2.05, 4.69) is 20.6 Å². The predicted octanol–water partition coefficient (Wildman–Crippen LogP) is 4.82. The lowest BCUT2D eigenvalue weighted by atomic mass is 10.1. The topological polar surface area (TPSA) is 72.2 Å². The molecule has 2 aromatic heterocycles. The molecular weight excluding hydrogens is 414 g/mol. The summed E-state index contributed by atoms with van der Waals surface area (Å²) < 4.78 is 54.3. The Balaban J connectivity index is 1.74. The van der Waals surface area contributed by atoms with Gasteiger partial charge in [-0.05, 0) is 43.7 Å². The van der Waals surface area contributed by atoms with Crippen LogP contribution in [0.15, 0.2) is 48.5 Å². The van der Waals surface area contributed by atoms with E-state index >= 15 is 0 Å². The lowest BCUT2D eigenvalue weighted by Crippen LogP contribution is -2.20. The smallest absolute Gasteiger partial charge is 0.320 e. The first-order chi connectivity index (χ1) is 14.7. The maximum atomic E-state index is 13.3. The van der Waals surface area contributed by atoms with Crippen LogP contribution in [0.4, 0.5) is 23.2 Å². The van der Waals surface area contributed by atoms with Gasteiger partial charge in [-0.2, -0.15) is 18.3 Å². The van der Waals surface area contributed by atoms with Crippen molar-refractivity contribution in [3.05, 3.63) is 77.0 Å². The zero-order valence-corrected chi connectivity index (χ0v) is 16.3. The van der Waals surface area contributed by atoms with E-state index < -0.39 is 23.5 Å². The molecule has 2 aromatic carbocycles. The quantitative estimate of drug-likeness (QED) is 0.474. The minimum atomic E-state index is -4.63. The van der Waals surface area contributed by atoms with Crippen LogP contribution < -0.4 is 5.32 Å². The number of carbonyl (C=O) groups excluding carboxylic acids is 1. The molecule has 1 amide bonds. The molecule has 0 aliphatic rings. The molecule has 158 valence electrons. The van der Waals surface area contributed by atoms with Gasteiger partial charge in [0.15, 0.2) is 11.3 Å². The molecule has 10 heteroatoms. The molecule has 0 aliphatic heterocycles. The number of nitrogens with zero attached hydrogens (tertiary/aromatic N) is 4. The van der Waals surface area contributed by atoms with Gasteiger partial charge in [-0.3, -0.25) is 4.79 Å². The molecule has 0 atom stereocenters. The maximum absolute atomic E-state index is 13.3. The third kappa shape index (κ3) is 3.72. The van der Waals surface area contributed by atoms with E-state index in [1.165, 1.54) is 28.8 Å². The first-order valence-corrected chi connectivity index (χ1v) is 9.13. The highest BCUT2D eigenvalue weighted by Crippen LogP contribution is 2.35. The van der Waals surface area contributed by atoms with Crippen molar-refractivity contribution in [1.29, 1.82) is 0 Å². The van der Waals surface area contributed by atoms with Crippen molar-refractivity contribution in [3.8, 4) is 11.1 Å². The van der Waals surface area contributed by atoms with E-state index in [0.29, 0.717) is 28.2 Å². The largest absolute Gasteiger partial charge is 0.418 e. The van der Waals surface area contributed by atoms with Crippen LogP contribution in [-0.4, -0.2) is 25.7 Å². The molecule has 2 heterocycles. The predicted molar refractivity (Wildman–Crippen MR) is 105 cm³/mol. The van der Waals surface area contributed by atoms with E-state index in [4.69, 9.17) is 0 Å². The number of carbonyl (C=O) groups is 1. The van der Waals surface area contributed by atoms with Crippen molar-refractivity contribution >= 4 is 17.2 Å². The van der Waals surface area contributed by atoms with Crippen LogP contribution >= 0.6 is 0 Å². The first kappa shape index (κ1) is 20.5. The Labute approximate surface area is 173 Å². The number of rotatable bonds is 3. The lowest BCUT2D eigenvalue weighted by Gasteiger charge is -2.13. The average Bonchev–Trinajstić information content (AvgIpc) is 3.05. The van der Waals surface area contributed by atoms with Crippen molar-refractivity contribution in [2.75, 3.05) is 5.32 Å². The number of benzene rings is 2. The molecule has 31 heavy (non-hydrogen) atoms. The van der Waals surface area contributed by atoms with Crippen molar-refractivity contribution in [3.63, 3.8) is 0 Å². The Hall–Kier alpha value is -3.82. The second-order valence-corrected chi connectivity index (χ2v) is 6.83. The standard InChI is InChI=1S/C21H15F4N5O/c1-11-17(13-7-9-14(22)10-8-13)19-28-27-18(12(2)30(19)29-11)20(31)26-16-6-4-3-5-15(16)21(23,24)25/h3-10H,1-2H3,(H,26,31). The molecule has 0 saturated heterocycles. The Morgan fingerprint density at radius 3 is 2.35 bits per heavy atom. The van der Waals surface area contributed by atoms with Gasteiger partial charge >= 0.3 is 6.18 Å². The number of aryl methyl sites for hydroxylation is 2. The third-order valence-electron chi connectivity index (χ3n) is 4.77. The minimum Gasteiger partial charge on any atom is -0.320 e. The van der Waals surface area contributed by atoms with Crippen LogP contribution in [-0.2, 0) is 6.18 Å². The molecule has 0 aliphatic carbocycles. The van der Waals surface area contributed by atoms with Crippen LogP contribution in [0, 0.1) is 19.7 Å². The molecule has 0 fully saturated rings. The number of anilines is 1. The van der Waals surface area contributed by atoms with Crippen LogP contribution in [0.25, 0.3) is 16.8 Å². The van der Waals surface area contributed by atoms with E-state index in [0.717, 1.165) is 12.1 Å². The summed E-state index contributed by atoms with van der Waals surface area (Å²) in [4.78, 5) is 12.7. The van der Waals surface area contributed by atoms with Gasteiger partial charge in [-0.15, -0.1) is 10.2 Å². The normalized spacial score (nSPS) is 11.7. The van der Waals surface area contributed by atoms with Crippen molar-refractivity contribution in [1.82, 2.24) is 19.8 Å². The summed E-state index contributed by atoms with van der Waals surface area (Å²) in [5.41, 5.74) is 0.969. The van der Waals surface area contributed by atoms with Gasteiger partial charge in [0.2, 0.25) is 0 Å². The van der Waals surface area contributed by atoms with Crippen LogP contribution in [0.5, 0.6) is 0 Å². The summed E-state index contributed by atoms with van der Waals surface area (Å²) >= 11 is 0. The van der Waals surface area contributed by atoms with Gasteiger partial charge in [0, 0.05) is 0 Å². The Morgan fingerprint density at radius 1 is 1.00 bits per heavy atom. The Kier molecular flexibility index (Phi) is 4.92. The number of halogens is 4. The van der Waals surface area contributed by atoms with Crippen molar-refractivity contribution in [2.45, 2.75) is 20.0 Å². The molecule has 4 rings (SSSR count). The monoisotopic (exact) mass is 429 g/mol. The molecule has 4 aromatic rings. The van der Waals surface area contributed by atoms with E-state index in [1.807, 2.05) is 0 Å². The lowest BCUT2D eigenvalue weighted by molar-refractivity contribution is -0.136. The number of aromatic nitrogens is 4. The number of amides is 1. The van der Waals surface area contributed by atoms with Gasteiger partial charge in [0.05, 0.1) is 28.2 Å². The molecule has 6 nitrogen and oxygen atoms in total. The van der Waals surface area contributed by atoms with Gasteiger partial charge in [0.25, 0.3) is 5.91 Å². The van der Waals surface area contributed by atoms with E-state index in [9.17, 15) is 22.4 Å². The number of fused-ring (bicyclic) bond motifs is 1. The maximum Gasteiger partial charge on any atom is 0.418 e. The summed E-state index contributed by atoms with van der Waals surface area (Å²) in [6.07, 6.45) is -4.63. The average molecular weight is 429 g/mol. The molecule has 0 bridgehead atoms. The summed E-state index contributed by atoms with van der Waals surface area (Å²) in [7, 11) is 0. The Bertz CT molecular complexity index is 1300. The summed E-state index contributed by atoms with van der Waals surface area (Å²) in [6.45, 7) is 3.29. The fourth-order valence-corrected chi connectivity index (χ4v) is 3.30. The molecule has 1 N–H and O–H groups in total. The summed E-state index contributed by atoms with van der Waals surface area (Å²) in [6, 6.07) is 10.4. The second kappa shape index (κ2) is 7.46. The molecule has 0 radical (unpaired) electrons. The third-order valence-corrected chi connectivity index (χ3v) is 4.77. The van der Waals surface area contributed by atoms with Crippen LogP contribution in [0.2, 0.25) is 0 Å². The van der Waals surface area contributed by atoms with Gasteiger partial charge in [0.1, 0.15) is 5.82 Å². The Morgan fingerprint density at radius 2 is 1.68 bits per heavy atom. The van der Waals surface area contributed by atoms with Gasteiger partial charge < -0.3 is 5.32 Å². The van der Waals surface area contributed by atoms with Gasteiger partial charge in [-0.25, -0.2) is 8.91 Å². The van der Waals surface area contributed by atoms with Crippen molar-refractivity contribution in [2.24, 2.45) is 0 Å². The van der Waals surface area contributed by atoms with Gasteiger partial charge in [-0.1, -0.05) is 24.3 Å². The number of alkyl halides is 3. The highest BCUT2D eigenvalue weighted by atomic mass is 19.4. The number of para-hydroxylation sites is 1. The number of nitrogens with one attached hydrogen (secondary N) is 1. The molecule has 0 unspecified atom stereocenters. The number of hydrogen-bond donors (Lipinski definition) is 1. The minimum absolute atomic E-state index is 0.169. The van der Waals surface area contributed by atoms with Crippen LogP contribution in [0.3, 0.4) is 0 Å². The van der Waals surface area contributed by atoms with E-state index in [1.54, 1.807) is 26.0 Å². The second-order valence-electron chi connectivity index (χ2n) is 6.83. The zero-order valence-electron chi connectivity index (χ0n) is 16.3. The zero-order chi connectivity index (χ0) is 22.3. The molecule has 0 spiro atoms. The molecular formula is C21H15F4N5O. The fraction of sp³-hybridized carbons (Fsp3) is 0.143. The SMILES string of the molecule is Cc1nn2c(C)c(C(=O)Nc3ccccc3C(F)(F)F)nnc2c1-c1ccc(F)cc1. The van der Waals surface area contributed by atoms with Crippen LogP contribution in [0.1, 0.15) is 27.4 Å².